The van der Waals surface area contributed by atoms with Crippen molar-refractivity contribution in [2.75, 3.05) is 0 Å². The second-order valence-corrected chi connectivity index (χ2v) is 23.5. The van der Waals surface area contributed by atoms with Gasteiger partial charge in [0.25, 0.3) is 0 Å². The average molecular weight is 1030 g/mol. The van der Waals surface area contributed by atoms with E-state index in [9.17, 15) is 0 Å². The molecule has 0 radical (unpaired) electrons. The Kier molecular flexibility index (Phi) is 12.6. The molecular weight excluding hydrogens is 966 g/mol. The topological polar surface area (TPSA) is 54.0 Å². The van der Waals surface area contributed by atoms with E-state index in [2.05, 4.69) is 227 Å². The maximum Gasteiger partial charge on any atom is 2.00 e. The van der Waals surface area contributed by atoms with Crippen molar-refractivity contribution in [3.8, 4) is 33.4 Å². The van der Waals surface area contributed by atoms with Gasteiger partial charge in [-0.05, 0) is 149 Å². The van der Waals surface area contributed by atoms with Gasteiger partial charge < -0.3 is 9.97 Å². The number of halogens is 2. The number of rotatable bonds is 3. The number of benzene rings is 3. The molecule has 8 rings (SSSR count). The molecule has 64 heavy (non-hydrogen) atoms. The smallest absolute Gasteiger partial charge is 0.657 e. The van der Waals surface area contributed by atoms with Gasteiger partial charge in [0.1, 0.15) is 0 Å². The molecule has 8 bridgehead atoms. The average Bonchev–Trinajstić information content (AvgIpc) is 3.97. The third-order valence-electron chi connectivity index (χ3n) is 12.4. The van der Waals surface area contributed by atoms with Crippen LogP contribution in [-0.2, 0) is 41.1 Å². The molecule has 0 spiro atoms. The summed E-state index contributed by atoms with van der Waals surface area (Å²) < 4.78 is 1.78. The molecule has 7 heteroatoms. The summed E-state index contributed by atoms with van der Waals surface area (Å²) in [7, 11) is 0. The van der Waals surface area contributed by atoms with E-state index in [0.717, 1.165) is 87.2 Å². The Bertz CT molecular complexity index is 3010. The van der Waals surface area contributed by atoms with Crippen LogP contribution >= 0.6 is 31.9 Å². The van der Waals surface area contributed by atoms with Crippen LogP contribution in [-0.4, -0.2) is 9.97 Å². The van der Waals surface area contributed by atoms with E-state index in [1.165, 1.54) is 38.9 Å². The number of hydrogen-bond acceptors (Lipinski definition) is 2. The minimum atomic E-state index is -0.0766. The molecule has 6 aromatic rings. The van der Waals surface area contributed by atoms with Crippen molar-refractivity contribution in [3.63, 3.8) is 0 Å². The second kappa shape index (κ2) is 16.9. The van der Waals surface area contributed by atoms with Gasteiger partial charge in [0.2, 0.25) is 0 Å². The van der Waals surface area contributed by atoms with Crippen molar-refractivity contribution >= 4 is 76.6 Å². The molecule has 0 atom stereocenters. The first-order valence-electron chi connectivity index (χ1n) is 22.1. The molecule has 4 nitrogen and oxygen atoms in total. The Labute approximate surface area is 411 Å². The van der Waals surface area contributed by atoms with Crippen LogP contribution < -0.4 is 9.97 Å². The second-order valence-electron chi connectivity index (χ2n) is 21.8. The van der Waals surface area contributed by atoms with Crippen LogP contribution in [0.4, 0.5) is 0 Å². The zero-order chi connectivity index (χ0) is 45.7. The third kappa shape index (κ3) is 9.29. The largest absolute Gasteiger partial charge is 2.00 e. The summed E-state index contributed by atoms with van der Waals surface area (Å²) in [6.07, 6.45) is 6.48. The van der Waals surface area contributed by atoms with Gasteiger partial charge in [0.15, 0.2) is 0 Å². The van der Waals surface area contributed by atoms with Gasteiger partial charge >= 0.3 is 19.5 Å². The summed E-state index contributed by atoms with van der Waals surface area (Å²) >= 11 is 7.90. The van der Waals surface area contributed by atoms with Crippen LogP contribution in [0.3, 0.4) is 0 Å². The summed E-state index contributed by atoms with van der Waals surface area (Å²) in [5.74, 6) is 0. The number of hydrogen-bond donors (Lipinski definition) is 0. The van der Waals surface area contributed by atoms with E-state index in [1.807, 2.05) is 0 Å². The van der Waals surface area contributed by atoms with Crippen molar-refractivity contribution in [1.82, 2.24) is 19.9 Å². The Morgan fingerprint density at radius 1 is 0.438 bits per heavy atom. The Balaban J connectivity index is 0.00000612. The van der Waals surface area contributed by atoms with E-state index in [0.29, 0.717) is 0 Å². The molecular formula is C57H60Br2N4Zn. The van der Waals surface area contributed by atoms with Gasteiger partial charge in [-0.1, -0.05) is 171 Å². The molecule has 2 aliphatic heterocycles. The number of aryl methyl sites for hydroxylation is 3. The van der Waals surface area contributed by atoms with Gasteiger partial charge in [-0.3, -0.25) is 0 Å². The summed E-state index contributed by atoms with van der Waals surface area (Å²) in [4.78, 5) is 22.0. The fraction of sp³-hybridized carbons (Fsp3) is 0.333. The number of nitrogens with zero attached hydrogens (tertiary/aromatic N) is 4. The zero-order valence-corrected chi connectivity index (χ0v) is 46.6. The summed E-state index contributed by atoms with van der Waals surface area (Å²) in [5, 5.41) is 0. The minimum Gasteiger partial charge on any atom is -0.657 e. The van der Waals surface area contributed by atoms with Crippen LogP contribution in [0.1, 0.15) is 145 Å². The quantitative estimate of drug-likeness (QED) is 0.166. The van der Waals surface area contributed by atoms with Gasteiger partial charge in [0.05, 0.1) is 22.8 Å². The monoisotopic (exact) mass is 1020 g/mol. The normalized spacial score (nSPS) is 13.3. The molecule has 2 aliphatic rings. The summed E-state index contributed by atoms with van der Waals surface area (Å²) in [6, 6.07) is 27.2. The molecule has 0 saturated heterocycles. The first kappa shape index (κ1) is 47.8. The Hall–Kier alpha value is -4.16. The summed E-state index contributed by atoms with van der Waals surface area (Å²) in [5.41, 5.74) is 21.4. The molecule has 324 valence electrons. The van der Waals surface area contributed by atoms with Gasteiger partial charge in [-0.25, -0.2) is 9.97 Å². The maximum absolute atomic E-state index is 5.61. The zero-order valence-electron chi connectivity index (χ0n) is 40.4. The molecule has 0 aliphatic carbocycles. The van der Waals surface area contributed by atoms with E-state index in [4.69, 9.17) is 19.9 Å². The predicted molar refractivity (Wildman–Crippen MR) is 278 cm³/mol. The van der Waals surface area contributed by atoms with Crippen LogP contribution in [0.25, 0.3) is 78.2 Å². The maximum atomic E-state index is 5.61. The van der Waals surface area contributed by atoms with Crippen LogP contribution in [0, 0.1) is 20.8 Å². The van der Waals surface area contributed by atoms with E-state index >= 15 is 0 Å². The van der Waals surface area contributed by atoms with Gasteiger partial charge in [0, 0.05) is 8.96 Å². The van der Waals surface area contributed by atoms with Crippen LogP contribution in [0.15, 0.2) is 77.3 Å². The summed E-state index contributed by atoms with van der Waals surface area (Å²) in [6.45, 7) is 34.0. The van der Waals surface area contributed by atoms with E-state index in [1.54, 1.807) is 0 Å². The fourth-order valence-electron chi connectivity index (χ4n) is 8.78. The van der Waals surface area contributed by atoms with E-state index < -0.39 is 0 Å². The number of fused-ring (bicyclic) bond motifs is 8. The Morgan fingerprint density at radius 2 is 0.859 bits per heavy atom. The first-order chi connectivity index (χ1) is 29.3. The number of aromatic nitrogens is 4. The molecule has 0 fully saturated rings. The standard InChI is InChI=1S/C57H60Br2N4.Zn/c1-31-20-32(2)50(33(3)21-31)53-44-18-16-42(60-44)51(34-22-36(54(4,5)6)26-37(23-34)55(7,8)9)48-28-40(58)46(62-48)30-47-41(59)29-49(63-47)52(43-17-19-45(53)61-43)35-24-38(56(10,11)12)27-39(25-35)57(13,14)15;/h16-30H,1-15H3;/q-2;+2. The molecule has 0 amide bonds. The predicted octanol–water partition coefficient (Wildman–Crippen LogP) is 16.5. The SMILES string of the molecule is Cc1cc(C)c(-c2c3nc(c(-c4cc(C(C)(C)C)cc(C(C)(C)C)c4)c4cc(Br)c(cc5nc(c(-c6cc(C(C)(C)C)cc(C(C)(C)C)c6)c6ccc2[n-]6)C=C5Br)[n-]4)C=C3)c(C)c1.[Zn+2]. The fourth-order valence-corrected chi connectivity index (χ4v) is 9.62. The van der Waals surface area contributed by atoms with Crippen molar-refractivity contribution in [2.24, 2.45) is 0 Å². The molecule has 3 aromatic carbocycles. The van der Waals surface area contributed by atoms with Gasteiger partial charge in [-0.2, -0.15) is 0 Å². The van der Waals surface area contributed by atoms with Gasteiger partial charge in [-0.15, -0.1) is 22.1 Å². The molecule has 0 saturated carbocycles. The Morgan fingerprint density at radius 3 is 1.33 bits per heavy atom. The third-order valence-corrected chi connectivity index (χ3v) is 13.7. The van der Waals surface area contributed by atoms with Crippen LogP contribution in [0.5, 0.6) is 0 Å². The molecule has 0 unspecified atom stereocenters. The minimum absolute atomic E-state index is 0. The van der Waals surface area contributed by atoms with Crippen molar-refractivity contribution < 1.29 is 19.5 Å². The van der Waals surface area contributed by atoms with E-state index in [-0.39, 0.29) is 41.1 Å². The molecule has 5 heterocycles. The first-order valence-corrected chi connectivity index (χ1v) is 23.7. The van der Waals surface area contributed by atoms with Crippen LogP contribution in [0.2, 0.25) is 0 Å². The van der Waals surface area contributed by atoms with Crippen molar-refractivity contribution in [1.29, 1.82) is 0 Å². The van der Waals surface area contributed by atoms with Crippen molar-refractivity contribution in [3.05, 3.63) is 139 Å². The van der Waals surface area contributed by atoms with Crippen molar-refractivity contribution in [2.45, 2.75) is 126 Å². The molecule has 3 aromatic heterocycles. The molecule has 0 N–H and O–H groups in total.